The number of ether oxygens (including phenoxy) is 3. The molecule has 0 N–H and O–H groups in total. The average molecular weight is 401 g/mol. The van der Waals surface area contributed by atoms with E-state index < -0.39 is 18.4 Å². The monoisotopic (exact) mass is 401 g/mol. The number of nitrogens with zero attached hydrogens (tertiary/aromatic N) is 3. The normalized spacial score (nSPS) is 13.3. The van der Waals surface area contributed by atoms with Crippen molar-refractivity contribution in [3.05, 3.63) is 64.1 Å². The minimum absolute atomic E-state index is 0.0850. The lowest BCUT2D eigenvalue weighted by Gasteiger charge is -2.41. The third-order valence-corrected chi connectivity index (χ3v) is 4.50. The highest BCUT2D eigenvalue weighted by atomic mass is 16.8. The fourth-order valence-corrected chi connectivity index (χ4v) is 3.04. The molecule has 0 aliphatic carbocycles. The first-order valence-corrected chi connectivity index (χ1v) is 9.11. The molecular weight excluding hydrogens is 378 g/mol. The molecule has 0 saturated carbocycles. The molecule has 0 bridgehead atoms. The van der Waals surface area contributed by atoms with Crippen molar-refractivity contribution in [1.82, 2.24) is 9.58 Å². The smallest absolute Gasteiger partial charge is 0.451 e. The minimum atomic E-state index is -0.948. The first-order chi connectivity index (χ1) is 13.9. The Hall–Kier alpha value is -3.49. The van der Waals surface area contributed by atoms with E-state index in [-0.39, 0.29) is 23.4 Å². The maximum Gasteiger partial charge on any atom is 0.510 e. The lowest BCUT2D eigenvalue weighted by molar-refractivity contribution is 0.0133. The topological polar surface area (TPSA) is 90.3 Å². The number of carbonyl (C=O) groups is 2. The molecule has 9 heteroatoms. The van der Waals surface area contributed by atoms with Crippen LogP contribution in [0.5, 0.6) is 5.75 Å². The van der Waals surface area contributed by atoms with Gasteiger partial charge in [-0.15, -0.1) is 0 Å². The van der Waals surface area contributed by atoms with Crippen LogP contribution in [0.4, 0.5) is 4.79 Å². The van der Waals surface area contributed by atoms with Gasteiger partial charge in [-0.2, -0.15) is 0 Å². The van der Waals surface area contributed by atoms with Gasteiger partial charge in [-0.05, 0) is 19.4 Å². The largest absolute Gasteiger partial charge is 0.510 e. The summed E-state index contributed by atoms with van der Waals surface area (Å²) in [5.41, 5.74) is 0.650. The second-order valence-corrected chi connectivity index (χ2v) is 6.72. The Labute approximate surface area is 168 Å². The van der Waals surface area contributed by atoms with E-state index in [4.69, 9.17) is 9.47 Å². The predicted molar refractivity (Wildman–Crippen MR) is 104 cm³/mol. The van der Waals surface area contributed by atoms with Gasteiger partial charge in [-0.3, -0.25) is 19.3 Å². The van der Waals surface area contributed by atoms with Crippen LogP contribution in [0.15, 0.2) is 47.4 Å². The van der Waals surface area contributed by atoms with E-state index >= 15 is 0 Å². The van der Waals surface area contributed by atoms with Gasteiger partial charge in [0.2, 0.25) is 18.0 Å². The van der Waals surface area contributed by atoms with Crippen molar-refractivity contribution in [1.29, 1.82) is 0 Å². The Kier molecular flexibility index (Phi) is 6.06. The van der Waals surface area contributed by atoms with Crippen LogP contribution in [0.2, 0.25) is 0 Å². The third-order valence-electron chi connectivity index (χ3n) is 4.50. The number of rotatable bonds is 6. The van der Waals surface area contributed by atoms with E-state index in [2.05, 4.69) is 4.74 Å². The van der Waals surface area contributed by atoms with Crippen molar-refractivity contribution in [2.45, 2.75) is 26.4 Å². The summed E-state index contributed by atoms with van der Waals surface area (Å²) in [7, 11) is 1.16. The summed E-state index contributed by atoms with van der Waals surface area (Å²) in [5, 5.41) is 1.93. The van der Waals surface area contributed by atoms with Crippen LogP contribution in [-0.2, 0) is 16.0 Å². The molecule has 9 nitrogen and oxygen atoms in total. The van der Waals surface area contributed by atoms with Gasteiger partial charge in [0.25, 0.3) is 5.91 Å². The Balaban J connectivity index is 1.99. The highest BCUT2D eigenvalue weighted by Gasteiger charge is 2.34. The Morgan fingerprint density at radius 1 is 1.14 bits per heavy atom. The fourth-order valence-electron chi connectivity index (χ4n) is 3.04. The van der Waals surface area contributed by atoms with Gasteiger partial charge in [0.15, 0.2) is 5.69 Å². The van der Waals surface area contributed by atoms with Crippen molar-refractivity contribution < 1.29 is 23.8 Å². The molecule has 154 valence electrons. The molecule has 2 heterocycles. The zero-order chi connectivity index (χ0) is 21.0. The maximum absolute atomic E-state index is 13.1. The summed E-state index contributed by atoms with van der Waals surface area (Å²) < 4.78 is 16.1. The van der Waals surface area contributed by atoms with E-state index in [1.807, 2.05) is 49.2 Å². The van der Waals surface area contributed by atoms with Crippen LogP contribution in [0, 0.1) is 0 Å². The number of hydrogen-bond acceptors (Lipinski definition) is 7. The third kappa shape index (κ3) is 4.34. The van der Waals surface area contributed by atoms with Crippen LogP contribution in [0.3, 0.4) is 0 Å². The lowest BCUT2D eigenvalue weighted by Crippen LogP contribution is -2.55. The quantitative estimate of drug-likeness (QED) is 0.540. The van der Waals surface area contributed by atoms with Gasteiger partial charge in [-0.1, -0.05) is 30.3 Å². The van der Waals surface area contributed by atoms with E-state index in [9.17, 15) is 14.4 Å². The van der Waals surface area contributed by atoms with Gasteiger partial charge >= 0.3 is 6.16 Å². The summed E-state index contributed by atoms with van der Waals surface area (Å²) in [5.74, 6) is -0.514. The first-order valence-electron chi connectivity index (χ1n) is 9.11. The summed E-state index contributed by atoms with van der Waals surface area (Å²) in [6.07, 6.45) is 0.597. The van der Waals surface area contributed by atoms with Gasteiger partial charge in [-0.25, -0.2) is 4.79 Å². The summed E-state index contributed by atoms with van der Waals surface area (Å²) in [4.78, 5) is 38.3. The van der Waals surface area contributed by atoms with E-state index in [1.165, 1.54) is 6.07 Å². The number of amides is 1. The number of hydrogen-bond donors (Lipinski definition) is 0. The second-order valence-electron chi connectivity index (χ2n) is 6.72. The fraction of sp³-hybridized carbons (Fsp3) is 0.350. The standard InChI is InChI=1S/C20H23N3O6/c1-14(2)22-12-21(11-15-7-5-4-6-8-15)23-10-9-16(24)18(17(23)19(22)25)28-13-29-20(26)27-3/h4-10,14H,11-13H2,1-3H3. The van der Waals surface area contributed by atoms with Crippen LogP contribution >= 0.6 is 0 Å². The highest BCUT2D eigenvalue weighted by Crippen LogP contribution is 2.23. The van der Waals surface area contributed by atoms with Crippen LogP contribution in [0.25, 0.3) is 0 Å². The molecule has 0 radical (unpaired) electrons. The number of carbonyl (C=O) groups excluding carboxylic acids is 2. The summed E-state index contributed by atoms with van der Waals surface area (Å²) >= 11 is 0. The number of benzene rings is 1. The van der Waals surface area contributed by atoms with Crippen LogP contribution in [0.1, 0.15) is 29.9 Å². The minimum Gasteiger partial charge on any atom is -0.451 e. The maximum atomic E-state index is 13.1. The van der Waals surface area contributed by atoms with Crippen molar-refractivity contribution in [3.63, 3.8) is 0 Å². The summed E-state index contributed by atoms with van der Waals surface area (Å²) in [6, 6.07) is 11.0. The SMILES string of the molecule is COC(=O)OCOc1c2n(ccc1=O)N(Cc1ccccc1)CN(C(C)C)C2=O. The molecule has 0 saturated heterocycles. The molecule has 1 aromatic heterocycles. The molecule has 1 aromatic carbocycles. The van der Waals surface area contributed by atoms with E-state index in [1.54, 1.807) is 15.8 Å². The summed E-state index contributed by atoms with van der Waals surface area (Å²) in [6.45, 7) is 4.11. The first kappa shape index (κ1) is 20.2. The van der Waals surface area contributed by atoms with Crippen molar-refractivity contribution in [3.8, 4) is 5.75 Å². The van der Waals surface area contributed by atoms with Gasteiger partial charge in [0, 0.05) is 18.3 Å². The Bertz CT molecular complexity index is 941. The molecule has 29 heavy (non-hydrogen) atoms. The van der Waals surface area contributed by atoms with Crippen molar-refractivity contribution >= 4 is 12.1 Å². The molecule has 1 aliphatic heterocycles. The predicted octanol–water partition coefficient (Wildman–Crippen LogP) is 1.93. The van der Waals surface area contributed by atoms with Gasteiger partial charge < -0.3 is 19.1 Å². The molecule has 0 spiro atoms. The number of aromatic nitrogens is 1. The zero-order valence-electron chi connectivity index (χ0n) is 16.5. The molecule has 0 atom stereocenters. The van der Waals surface area contributed by atoms with Crippen LogP contribution < -0.4 is 15.2 Å². The Morgan fingerprint density at radius 3 is 2.52 bits per heavy atom. The number of pyridine rings is 1. The Morgan fingerprint density at radius 2 is 1.86 bits per heavy atom. The molecule has 2 aromatic rings. The zero-order valence-corrected chi connectivity index (χ0v) is 16.5. The molecular formula is C20H23N3O6. The van der Waals surface area contributed by atoms with Gasteiger partial charge in [0.05, 0.1) is 13.7 Å². The second kappa shape index (κ2) is 8.68. The molecule has 0 unspecified atom stereocenters. The molecule has 3 rings (SSSR count). The molecule has 0 fully saturated rings. The number of fused-ring (bicyclic) bond motifs is 1. The molecule has 1 amide bonds. The van der Waals surface area contributed by atoms with E-state index in [0.29, 0.717) is 13.2 Å². The van der Waals surface area contributed by atoms with Crippen molar-refractivity contribution in [2.75, 3.05) is 25.6 Å². The highest BCUT2D eigenvalue weighted by molar-refractivity contribution is 5.96. The molecule has 1 aliphatic rings. The van der Waals surface area contributed by atoms with E-state index in [0.717, 1.165) is 12.7 Å². The number of methoxy groups -OCH3 is 1. The average Bonchev–Trinajstić information content (AvgIpc) is 2.71. The van der Waals surface area contributed by atoms with Gasteiger partial charge in [0.1, 0.15) is 6.67 Å². The van der Waals surface area contributed by atoms with Crippen molar-refractivity contribution in [2.24, 2.45) is 0 Å². The lowest BCUT2D eigenvalue weighted by atomic mass is 10.2. The van der Waals surface area contributed by atoms with Crippen LogP contribution in [-0.4, -0.2) is 48.3 Å².